The second kappa shape index (κ2) is 10.8. The van der Waals surface area contributed by atoms with Gasteiger partial charge in [0, 0.05) is 67.4 Å². The molecule has 1 aromatic rings. The third-order valence-electron chi connectivity index (χ3n) is 7.03. The van der Waals surface area contributed by atoms with Crippen molar-refractivity contribution in [2.24, 2.45) is 11.8 Å². The SMILES string of the molecule is CN(C[C@H]1CN2CC[C@H]1C[C@@H]2CNC(=S)NCCN1CCOCC1)c1ccccc1.[HH].[HH]. The molecule has 30 heavy (non-hydrogen) atoms. The standard InChI is InChI=1S/C23H37N5OS.2H2/c1-26(21-5-3-2-4-6-21)17-20-18-28-9-7-19(20)15-22(28)16-25-23(30)24-8-10-27-11-13-29-14-12-27;;/h2-6,19-20,22H,7-18H2,1H3,(H2,24,25,30);2*1H/t19-,20-,22+;;/m0../s1. The Morgan fingerprint density at radius 1 is 1.20 bits per heavy atom. The monoisotopic (exact) mass is 435 g/mol. The first-order valence-electron chi connectivity index (χ1n) is 11.5. The van der Waals surface area contributed by atoms with Crippen molar-refractivity contribution in [1.82, 2.24) is 20.4 Å². The Kier molecular flexibility index (Phi) is 7.82. The van der Waals surface area contributed by atoms with E-state index >= 15 is 0 Å². The zero-order chi connectivity index (χ0) is 20.8. The Balaban J connectivity index is 0.00000181. The van der Waals surface area contributed by atoms with Crippen molar-refractivity contribution in [2.75, 3.05) is 77.5 Å². The van der Waals surface area contributed by atoms with E-state index in [1.807, 2.05) is 0 Å². The number of fused-ring (bicyclic) bond motifs is 3. The smallest absolute Gasteiger partial charge is 0.166 e. The van der Waals surface area contributed by atoms with Crippen LogP contribution in [0.2, 0.25) is 0 Å². The molecular weight excluding hydrogens is 394 g/mol. The van der Waals surface area contributed by atoms with Gasteiger partial charge in [-0.2, -0.15) is 0 Å². The number of benzene rings is 1. The molecule has 4 fully saturated rings. The summed E-state index contributed by atoms with van der Waals surface area (Å²) in [4.78, 5) is 7.54. The first-order valence-corrected chi connectivity index (χ1v) is 11.9. The highest BCUT2D eigenvalue weighted by molar-refractivity contribution is 7.80. The molecule has 0 radical (unpaired) electrons. The maximum absolute atomic E-state index is 5.52. The van der Waals surface area contributed by atoms with Gasteiger partial charge in [0.1, 0.15) is 0 Å². The molecule has 5 rings (SSSR count). The second-order valence-electron chi connectivity index (χ2n) is 9.00. The molecule has 2 N–H and O–H groups in total. The van der Waals surface area contributed by atoms with E-state index in [-0.39, 0.29) is 2.85 Å². The minimum Gasteiger partial charge on any atom is -0.379 e. The normalized spacial score (nSPS) is 28.8. The van der Waals surface area contributed by atoms with Crippen LogP contribution >= 0.6 is 12.2 Å². The highest BCUT2D eigenvalue weighted by atomic mass is 32.1. The van der Waals surface area contributed by atoms with Crippen LogP contribution in [0.3, 0.4) is 0 Å². The van der Waals surface area contributed by atoms with Crippen molar-refractivity contribution in [3.8, 4) is 0 Å². The molecule has 4 heterocycles. The van der Waals surface area contributed by atoms with Crippen molar-refractivity contribution in [3.63, 3.8) is 0 Å². The van der Waals surface area contributed by atoms with Gasteiger partial charge in [-0.05, 0) is 55.6 Å². The van der Waals surface area contributed by atoms with E-state index in [1.165, 1.54) is 31.6 Å². The average molecular weight is 436 g/mol. The van der Waals surface area contributed by atoms with Gasteiger partial charge in [0.25, 0.3) is 0 Å². The van der Waals surface area contributed by atoms with Crippen LogP contribution in [-0.2, 0) is 4.74 Å². The number of para-hydroxylation sites is 1. The van der Waals surface area contributed by atoms with Gasteiger partial charge in [0.15, 0.2) is 5.11 Å². The van der Waals surface area contributed by atoms with Crippen LogP contribution in [0.4, 0.5) is 5.69 Å². The largest absolute Gasteiger partial charge is 0.379 e. The highest BCUT2D eigenvalue weighted by Gasteiger charge is 2.40. The van der Waals surface area contributed by atoms with Gasteiger partial charge in [-0.15, -0.1) is 0 Å². The van der Waals surface area contributed by atoms with Gasteiger partial charge in [-0.1, -0.05) is 18.2 Å². The number of nitrogens with zero attached hydrogens (tertiary/aromatic N) is 3. The van der Waals surface area contributed by atoms with E-state index in [2.05, 4.69) is 62.7 Å². The van der Waals surface area contributed by atoms with E-state index in [9.17, 15) is 0 Å². The summed E-state index contributed by atoms with van der Waals surface area (Å²) in [5.41, 5.74) is 1.32. The number of nitrogens with one attached hydrogen (secondary N) is 2. The minimum atomic E-state index is 0. The lowest BCUT2D eigenvalue weighted by Crippen LogP contribution is -2.58. The fourth-order valence-corrected chi connectivity index (χ4v) is 5.42. The lowest BCUT2D eigenvalue weighted by atomic mass is 9.75. The van der Waals surface area contributed by atoms with Crippen molar-refractivity contribution in [2.45, 2.75) is 18.9 Å². The van der Waals surface area contributed by atoms with Gasteiger partial charge < -0.3 is 20.3 Å². The highest BCUT2D eigenvalue weighted by Crippen LogP contribution is 2.36. The lowest BCUT2D eigenvalue weighted by molar-refractivity contribution is 0.00659. The van der Waals surface area contributed by atoms with Crippen LogP contribution in [0.1, 0.15) is 15.7 Å². The number of anilines is 1. The molecule has 170 valence electrons. The van der Waals surface area contributed by atoms with Crippen molar-refractivity contribution >= 4 is 23.0 Å². The van der Waals surface area contributed by atoms with Crippen LogP contribution in [0.5, 0.6) is 0 Å². The molecule has 0 spiro atoms. The van der Waals surface area contributed by atoms with E-state index in [1.54, 1.807) is 0 Å². The van der Waals surface area contributed by atoms with Crippen LogP contribution in [0.25, 0.3) is 0 Å². The Morgan fingerprint density at radius 2 is 2.00 bits per heavy atom. The second-order valence-corrected chi connectivity index (χ2v) is 9.41. The number of ether oxygens (including phenoxy) is 1. The minimum absolute atomic E-state index is 0. The molecule has 1 unspecified atom stereocenters. The number of piperidine rings is 3. The van der Waals surface area contributed by atoms with Crippen LogP contribution in [0, 0.1) is 11.8 Å². The number of rotatable bonds is 8. The molecule has 0 amide bonds. The van der Waals surface area contributed by atoms with Crippen molar-refractivity contribution in [1.29, 1.82) is 0 Å². The molecule has 0 aliphatic carbocycles. The first kappa shape index (κ1) is 21.8. The topological polar surface area (TPSA) is 43.0 Å². The zero-order valence-electron chi connectivity index (χ0n) is 18.3. The molecule has 0 aromatic heterocycles. The van der Waals surface area contributed by atoms with Gasteiger partial charge in [0.2, 0.25) is 0 Å². The van der Waals surface area contributed by atoms with E-state index in [0.717, 1.165) is 69.4 Å². The lowest BCUT2D eigenvalue weighted by Gasteiger charge is -2.51. The Hall–Kier alpha value is -1.41. The predicted octanol–water partition coefficient (Wildman–Crippen LogP) is 2.12. The summed E-state index contributed by atoms with van der Waals surface area (Å²) in [5, 5.41) is 7.66. The summed E-state index contributed by atoms with van der Waals surface area (Å²) in [5.74, 6) is 1.59. The van der Waals surface area contributed by atoms with Gasteiger partial charge in [-0.3, -0.25) is 9.80 Å². The summed E-state index contributed by atoms with van der Waals surface area (Å²) >= 11 is 5.52. The Bertz CT molecular complexity index is 680. The van der Waals surface area contributed by atoms with Gasteiger partial charge >= 0.3 is 0 Å². The molecule has 4 atom stereocenters. The van der Waals surface area contributed by atoms with Crippen LogP contribution < -0.4 is 15.5 Å². The van der Waals surface area contributed by atoms with E-state index < -0.39 is 0 Å². The molecule has 4 saturated heterocycles. The number of hydrogen-bond donors (Lipinski definition) is 2. The molecular formula is C23H41N5OS. The third kappa shape index (κ3) is 5.84. The van der Waals surface area contributed by atoms with Crippen molar-refractivity contribution in [3.05, 3.63) is 30.3 Å². The Labute approximate surface area is 189 Å². The average Bonchev–Trinajstić information content (AvgIpc) is 2.79. The predicted molar refractivity (Wildman–Crippen MR) is 131 cm³/mol. The summed E-state index contributed by atoms with van der Waals surface area (Å²) in [6.45, 7) is 10.2. The maximum Gasteiger partial charge on any atom is 0.166 e. The van der Waals surface area contributed by atoms with Crippen molar-refractivity contribution < 1.29 is 7.59 Å². The molecule has 2 bridgehead atoms. The number of morpholine rings is 1. The molecule has 0 saturated carbocycles. The summed E-state index contributed by atoms with van der Waals surface area (Å²) in [6, 6.07) is 11.4. The molecule has 6 nitrogen and oxygen atoms in total. The zero-order valence-corrected chi connectivity index (χ0v) is 19.1. The third-order valence-corrected chi connectivity index (χ3v) is 7.32. The van der Waals surface area contributed by atoms with Gasteiger partial charge in [-0.25, -0.2) is 0 Å². The molecule has 4 aliphatic heterocycles. The van der Waals surface area contributed by atoms with E-state index in [0.29, 0.717) is 6.04 Å². The summed E-state index contributed by atoms with van der Waals surface area (Å²) in [6.07, 6.45) is 2.63. The molecule has 1 aromatic carbocycles. The van der Waals surface area contributed by atoms with Gasteiger partial charge in [0.05, 0.1) is 13.2 Å². The maximum atomic E-state index is 5.52. The van der Waals surface area contributed by atoms with Crippen LogP contribution in [0.15, 0.2) is 30.3 Å². The van der Waals surface area contributed by atoms with Crippen LogP contribution in [-0.4, -0.2) is 93.6 Å². The molecule has 4 aliphatic rings. The number of hydrogen-bond acceptors (Lipinski definition) is 5. The quantitative estimate of drug-likeness (QED) is 0.607. The Morgan fingerprint density at radius 3 is 2.73 bits per heavy atom. The first-order chi connectivity index (χ1) is 14.7. The van der Waals surface area contributed by atoms with E-state index in [4.69, 9.17) is 17.0 Å². The summed E-state index contributed by atoms with van der Waals surface area (Å²) < 4.78 is 5.40. The number of thiocarbonyl (C=S) groups is 1. The molecule has 7 heteroatoms. The summed E-state index contributed by atoms with van der Waals surface area (Å²) in [7, 11) is 2.23. The fraction of sp³-hybridized carbons (Fsp3) is 0.696. The fourth-order valence-electron chi connectivity index (χ4n) is 5.23.